The van der Waals surface area contributed by atoms with Gasteiger partial charge in [0.2, 0.25) is 11.8 Å². The van der Waals surface area contributed by atoms with E-state index in [4.69, 9.17) is 10.7 Å². The number of hydrogen-bond donors (Lipinski definition) is 1. The Morgan fingerprint density at radius 1 is 1.29 bits per heavy atom. The minimum absolute atomic E-state index is 0.0614. The van der Waals surface area contributed by atoms with Crippen molar-refractivity contribution in [1.82, 2.24) is 9.88 Å². The number of fused-ring (bicyclic) bond motifs is 1. The number of likely N-dealkylation sites (tertiary alicyclic amines) is 1. The first-order valence-corrected chi connectivity index (χ1v) is 11.0. The summed E-state index contributed by atoms with van der Waals surface area (Å²) in [5.41, 5.74) is 8.22. The maximum absolute atomic E-state index is 13.2. The standard InChI is InChI=1S/C21H28N4O2S/c1-13(2)18(21(27)25-9-7-14(8-10-25)19(23)26)28-20-16(12-22)11-15-5-3-4-6-17(15)24-20/h11,13-14,18H,3-10H2,1-2H3,(H2,23,26). The molecule has 1 aliphatic heterocycles. The molecular weight excluding hydrogens is 372 g/mol. The van der Waals surface area contributed by atoms with Crippen molar-refractivity contribution in [2.45, 2.75) is 62.6 Å². The first-order chi connectivity index (χ1) is 13.4. The Morgan fingerprint density at radius 3 is 2.57 bits per heavy atom. The van der Waals surface area contributed by atoms with Crippen molar-refractivity contribution >= 4 is 23.6 Å². The number of thioether (sulfide) groups is 1. The predicted molar refractivity (Wildman–Crippen MR) is 109 cm³/mol. The molecule has 2 N–H and O–H groups in total. The van der Waals surface area contributed by atoms with Crippen LogP contribution >= 0.6 is 11.8 Å². The van der Waals surface area contributed by atoms with Crippen LogP contribution in [0.5, 0.6) is 0 Å². The average Bonchev–Trinajstić information content (AvgIpc) is 2.70. The third-order valence-electron chi connectivity index (χ3n) is 5.68. The smallest absolute Gasteiger partial charge is 0.236 e. The third-order valence-corrected chi connectivity index (χ3v) is 7.22. The quantitative estimate of drug-likeness (QED) is 0.766. The summed E-state index contributed by atoms with van der Waals surface area (Å²) in [6.07, 6.45) is 5.42. The number of hydrogen-bond acceptors (Lipinski definition) is 5. The monoisotopic (exact) mass is 400 g/mol. The number of carbonyl (C=O) groups excluding carboxylic acids is 2. The van der Waals surface area contributed by atoms with E-state index in [9.17, 15) is 14.9 Å². The number of aryl methyl sites for hydroxylation is 2. The minimum Gasteiger partial charge on any atom is -0.369 e. The van der Waals surface area contributed by atoms with Gasteiger partial charge in [-0.2, -0.15) is 5.26 Å². The van der Waals surface area contributed by atoms with E-state index in [1.54, 1.807) is 0 Å². The number of rotatable bonds is 5. The number of amides is 2. The van der Waals surface area contributed by atoms with E-state index in [0.717, 1.165) is 31.4 Å². The number of nitriles is 1. The fraction of sp³-hybridized carbons (Fsp3) is 0.619. The average molecular weight is 401 g/mol. The lowest BCUT2D eigenvalue weighted by molar-refractivity contribution is -0.135. The van der Waals surface area contributed by atoms with Gasteiger partial charge in [0.1, 0.15) is 11.1 Å². The molecule has 1 atom stereocenters. The van der Waals surface area contributed by atoms with Crippen LogP contribution in [0.1, 0.15) is 56.4 Å². The van der Waals surface area contributed by atoms with Gasteiger partial charge in [-0.05, 0) is 56.1 Å². The summed E-state index contributed by atoms with van der Waals surface area (Å²) < 4.78 is 0. The first-order valence-electron chi connectivity index (χ1n) is 10.1. The number of aromatic nitrogens is 1. The molecule has 1 aliphatic carbocycles. The van der Waals surface area contributed by atoms with E-state index >= 15 is 0 Å². The van der Waals surface area contributed by atoms with Gasteiger partial charge in [-0.1, -0.05) is 25.6 Å². The number of piperidine rings is 1. The lowest BCUT2D eigenvalue weighted by atomic mass is 9.95. The number of carbonyl (C=O) groups is 2. The van der Waals surface area contributed by atoms with E-state index in [-0.39, 0.29) is 28.9 Å². The molecule has 0 radical (unpaired) electrons. The highest BCUT2D eigenvalue weighted by Crippen LogP contribution is 2.34. The molecule has 1 aromatic heterocycles. The van der Waals surface area contributed by atoms with Crippen LogP contribution in [0.15, 0.2) is 11.1 Å². The minimum atomic E-state index is -0.300. The molecule has 0 bridgehead atoms. The zero-order valence-corrected chi connectivity index (χ0v) is 17.4. The summed E-state index contributed by atoms with van der Waals surface area (Å²) in [5, 5.41) is 9.97. The second-order valence-corrected chi connectivity index (χ2v) is 9.18. The molecule has 7 heteroatoms. The molecule has 2 heterocycles. The second-order valence-electron chi connectivity index (χ2n) is 8.05. The van der Waals surface area contributed by atoms with Crippen molar-refractivity contribution in [3.05, 3.63) is 22.9 Å². The SMILES string of the molecule is CC(C)C(Sc1nc2c(cc1C#N)CCCC2)C(=O)N1CCC(C(N)=O)CC1. The normalized spacial score (nSPS) is 18.4. The molecule has 2 amide bonds. The summed E-state index contributed by atoms with van der Waals surface area (Å²) in [6, 6.07) is 4.23. The van der Waals surface area contributed by atoms with Crippen LogP contribution in [-0.4, -0.2) is 40.0 Å². The van der Waals surface area contributed by atoms with Gasteiger partial charge in [0, 0.05) is 24.7 Å². The van der Waals surface area contributed by atoms with Gasteiger partial charge in [0.05, 0.1) is 10.8 Å². The zero-order valence-electron chi connectivity index (χ0n) is 16.6. The highest BCUT2D eigenvalue weighted by atomic mass is 32.2. The van der Waals surface area contributed by atoms with Gasteiger partial charge in [0.15, 0.2) is 0 Å². The highest BCUT2D eigenvalue weighted by molar-refractivity contribution is 8.00. The van der Waals surface area contributed by atoms with Crippen molar-refractivity contribution < 1.29 is 9.59 Å². The number of nitrogens with zero attached hydrogens (tertiary/aromatic N) is 3. The van der Waals surface area contributed by atoms with E-state index in [0.29, 0.717) is 36.5 Å². The second kappa shape index (κ2) is 8.95. The molecule has 1 aromatic rings. The molecule has 1 unspecified atom stereocenters. The Balaban J connectivity index is 1.77. The molecule has 150 valence electrons. The summed E-state index contributed by atoms with van der Waals surface area (Å²) in [7, 11) is 0. The summed E-state index contributed by atoms with van der Waals surface area (Å²) >= 11 is 1.41. The molecule has 1 fully saturated rings. The Kier molecular flexibility index (Phi) is 6.61. The van der Waals surface area contributed by atoms with Crippen LogP contribution in [-0.2, 0) is 22.4 Å². The Labute approximate surface area is 170 Å². The Morgan fingerprint density at radius 2 is 1.96 bits per heavy atom. The molecule has 0 spiro atoms. The molecule has 28 heavy (non-hydrogen) atoms. The van der Waals surface area contributed by atoms with Crippen molar-refractivity contribution in [1.29, 1.82) is 5.26 Å². The molecular formula is C21H28N4O2S. The van der Waals surface area contributed by atoms with E-state index in [2.05, 4.69) is 6.07 Å². The van der Waals surface area contributed by atoms with Crippen LogP contribution in [0.4, 0.5) is 0 Å². The zero-order chi connectivity index (χ0) is 20.3. The van der Waals surface area contributed by atoms with Crippen LogP contribution in [0, 0.1) is 23.2 Å². The number of pyridine rings is 1. The van der Waals surface area contributed by atoms with Crippen LogP contribution < -0.4 is 5.73 Å². The Hall–Kier alpha value is -2.07. The van der Waals surface area contributed by atoms with Gasteiger partial charge >= 0.3 is 0 Å². The van der Waals surface area contributed by atoms with Gasteiger partial charge in [-0.25, -0.2) is 4.98 Å². The first kappa shape index (κ1) is 20.7. The lowest BCUT2D eigenvalue weighted by Gasteiger charge is -2.34. The summed E-state index contributed by atoms with van der Waals surface area (Å²) in [4.78, 5) is 31.2. The van der Waals surface area contributed by atoms with Crippen molar-refractivity contribution in [3.63, 3.8) is 0 Å². The topological polar surface area (TPSA) is 100 Å². The van der Waals surface area contributed by atoms with Crippen LogP contribution in [0.3, 0.4) is 0 Å². The van der Waals surface area contributed by atoms with E-state index in [1.165, 1.54) is 17.3 Å². The molecule has 3 rings (SSSR count). The molecule has 6 nitrogen and oxygen atoms in total. The van der Waals surface area contributed by atoms with Crippen LogP contribution in [0.25, 0.3) is 0 Å². The molecule has 1 saturated heterocycles. The number of primary amides is 1. The molecule has 0 aromatic carbocycles. The van der Waals surface area contributed by atoms with Gasteiger partial charge in [0.25, 0.3) is 0 Å². The van der Waals surface area contributed by atoms with Crippen molar-refractivity contribution in [3.8, 4) is 6.07 Å². The van der Waals surface area contributed by atoms with E-state index < -0.39 is 0 Å². The fourth-order valence-corrected chi connectivity index (χ4v) is 5.10. The summed E-state index contributed by atoms with van der Waals surface area (Å²) in [5.74, 6) is -0.248. The molecule has 0 saturated carbocycles. The maximum Gasteiger partial charge on any atom is 0.236 e. The highest BCUT2D eigenvalue weighted by Gasteiger charge is 2.33. The van der Waals surface area contributed by atoms with Crippen LogP contribution in [0.2, 0.25) is 0 Å². The fourth-order valence-electron chi connectivity index (χ4n) is 3.94. The lowest BCUT2D eigenvalue weighted by Crippen LogP contribution is -2.46. The van der Waals surface area contributed by atoms with Gasteiger partial charge < -0.3 is 10.6 Å². The predicted octanol–water partition coefficient (Wildman–Crippen LogP) is 2.67. The third kappa shape index (κ3) is 4.49. The van der Waals surface area contributed by atoms with Gasteiger partial charge in [-0.15, -0.1) is 0 Å². The Bertz CT molecular complexity index is 794. The molecule has 2 aliphatic rings. The maximum atomic E-state index is 13.2. The van der Waals surface area contributed by atoms with E-state index in [1.807, 2.05) is 24.8 Å². The number of nitrogens with two attached hydrogens (primary N) is 1. The van der Waals surface area contributed by atoms with Crippen molar-refractivity contribution in [2.24, 2.45) is 17.6 Å². The van der Waals surface area contributed by atoms with Gasteiger partial charge in [-0.3, -0.25) is 9.59 Å². The largest absolute Gasteiger partial charge is 0.369 e. The summed E-state index contributed by atoms with van der Waals surface area (Å²) in [6.45, 7) is 5.16. The van der Waals surface area contributed by atoms with Crippen molar-refractivity contribution in [2.75, 3.05) is 13.1 Å².